The number of carbonyl (C=O) groups is 2. The topological polar surface area (TPSA) is 71.1 Å². The van der Waals surface area contributed by atoms with E-state index in [-0.39, 0.29) is 29.6 Å². The molecule has 0 aliphatic carbocycles. The quantitative estimate of drug-likeness (QED) is 0.318. The van der Waals surface area contributed by atoms with Crippen LogP contribution < -0.4 is 9.47 Å². The zero-order chi connectivity index (χ0) is 21.4. The van der Waals surface area contributed by atoms with Crippen molar-refractivity contribution in [3.8, 4) is 11.5 Å². The minimum Gasteiger partial charge on any atom is -0.487 e. The van der Waals surface area contributed by atoms with Gasteiger partial charge in [-0.15, -0.1) is 0 Å². The molecule has 1 atom stereocenters. The molecule has 156 valence electrons. The molecule has 0 radical (unpaired) electrons. The van der Waals surface area contributed by atoms with Crippen molar-refractivity contribution in [1.82, 2.24) is 0 Å². The fraction of sp³-hybridized carbons (Fsp3) is 0.364. The molecule has 0 saturated heterocycles. The minimum atomic E-state index is -0.598. The van der Waals surface area contributed by atoms with E-state index in [9.17, 15) is 9.59 Å². The lowest BCUT2D eigenvalue weighted by molar-refractivity contribution is -0.141. The van der Waals surface area contributed by atoms with Crippen LogP contribution in [0.3, 0.4) is 0 Å². The Kier molecular flexibility index (Phi) is 8.49. The molecule has 0 aliphatic heterocycles. The molecule has 0 fully saturated rings. The molecule has 2 rings (SSSR count). The lowest BCUT2D eigenvalue weighted by Crippen LogP contribution is -2.18. The predicted octanol–water partition coefficient (Wildman–Crippen LogP) is 4.59. The fourth-order valence-electron chi connectivity index (χ4n) is 2.83. The van der Waals surface area contributed by atoms with E-state index in [1.807, 2.05) is 30.3 Å². The second-order valence-electron chi connectivity index (χ2n) is 6.56. The van der Waals surface area contributed by atoms with Crippen molar-refractivity contribution in [3.63, 3.8) is 0 Å². The summed E-state index contributed by atoms with van der Waals surface area (Å²) in [7, 11) is 2.77. The Hall–Kier alpha value is -2.57. The molecule has 0 N–H and O–H groups in total. The molecule has 0 heterocycles. The molecule has 0 amide bonds. The summed E-state index contributed by atoms with van der Waals surface area (Å²) in [4.78, 5) is 24.5. The number of methoxy groups -OCH3 is 2. The predicted molar refractivity (Wildman–Crippen MR) is 110 cm³/mol. The number of carbonyl (C=O) groups excluding carboxylic acids is 2. The molecular weight excluding hydrogens is 396 g/mol. The van der Waals surface area contributed by atoms with Gasteiger partial charge >= 0.3 is 5.97 Å². The number of halogens is 1. The highest BCUT2D eigenvalue weighted by atomic mass is 35.5. The van der Waals surface area contributed by atoms with E-state index in [1.165, 1.54) is 20.3 Å². The smallest absolute Gasteiger partial charge is 0.306 e. The number of ketones is 1. The largest absolute Gasteiger partial charge is 0.487 e. The van der Waals surface area contributed by atoms with Crippen molar-refractivity contribution in [2.75, 3.05) is 21.0 Å². The maximum Gasteiger partial charge on any atom is 0.306 e. The Bertz CT molecular complexity index is 850. The highest BCUT2D eigenvalue weighted by Crippen LogP contribution is 2.40. The van der Waals surface area contributed by atoms with Crippen LogP contribution in [0, 0.1) is 12.8 Å². The van der Waals surface area contributed by atoms with Gasteiger partial charge in [-0.25, -0.2) is 0 Å². The summed E-state index contributed by atoms with van der Waals surface area (Å²) in [6, 6.07) is 11.2. The third kappa shape index (κ3) is 5.95. The molecule has 7 heteroatoms. The average Bonchev–Trinajstić information content (AvgIpc) is 2.72. The van der Waals surface area contributed by atoms with Crippen LogP contribution in [0.4, 0.5) is 0 Å². The molecule has 6 nitrogen and oxygen atoms in total. The van der Waals surface area contributed by atoms with Gasteiger partial charge in [0, 0.05) is 18.6 Å². The minimum absolute atomic E-state index is 0.0397. The normalized spacial score (nSPS) is 11.6. The van der Waals surface area contributed by atoms with Crippen molar-refractivity contribution >= 4 is 23.4 Å². The summed E-state index contributed by atoms with van der Waals surface area (Å²) in [6.45, 7) is 3.69. The van der Waals surface area contributed by atoms with Crippen molar-refractivity contribution in [2.24, 2.45) is 5.92 Å². The van der Waals surface area contributed by atoms with E-state index in [1.54, 1.807) is 13.8 Å². The van der Waals surface area contributed by atoms with Gasteiger partial charge in [-0.3, -0.25) is 9.59 Å². The molecular formula is C22H25ClO6. The Morgan fingerprint density at radius 2 is 1.76 bits per heavy atom. The maximum atomic E-state index is 12.9. The van der Waals surface area contributed by atoms with Gasteiger partial charge in [-0.1, -0.05) is 48.9 Å². The molecule has 0 spiro atoms. The van der Waals surface area contributed by atoms with Crippen LogP contribution in [-0.4, -0.2) is 32.8 Å². The Morgan fingerprint density at radius 1 is 1.07 bits per heavy atom. The number of hydrogen-bond donors (Lipinski definition) is 0. The Balaban J connectivity index is 2.36. The fourth-order valence-corrected chi connectivity index (χ4v) is 3.13. The van der Waals surface area contributed by atoms with Crippen LogP contribution in [-0.2, 0) is 20.9 Å². The van der Waals surface area contributed by atoms with Crippen molar-refractivity contribution in [2.45, 2.75) is 26.9 Å². The monoisotopic (exact) mass is 420 g/mol. The summed E-state index contributed by atoms with van der Waals surface area (Å²) in [5.74, 6) is -0.587. The molecule has 0 saturated carbocycles. The van der Waals surface area contributed by atoms with Crippen molar-refractivity contribution in [3.05, 3.63) is 58.1 Å². The lowest BCUT2D eigenvalue weighted by Gasteiger charge is -2.19. The van der Waals surface area contributed by atoms with Gasteiger partial charge in [0.1, 0.15) is 18.1 Å². The van der Waals surface area contributed by atoms with Gasteiger partial charge in [-0.2, -0.15) is 0 Å². The summed E-state index contributed by atoms with van der Waals surface area (Å²) >= 11 is 6.43. The van der Waals surface area contributed by atoms with E-state index in [0.717, 1.165) is 5.56 Å². The van der Waals surface area contributed by atoms with Gasteiger partial charge in [0.25, 0.3) is 0 Å². The highest BCUT2D eigenvalue weighted by molar-refractivity contribution is 6.32. The zero-order valence-corrected chi connectivity index (χ0v) is 17.7. The summed E-state index contributed by atoms with van der Waals surface area (Å²) in [6.07, 6.45) is -0.0397. The Labute approximate surface area is 175 Å². The summed E-state index contributed by atoms with van der Waals surface area (Å²) in [5, 5.41) is 0.289. The Morgan fingerprint density at radius 3 is 2.38 bits per heavy atom. The second-order valence-corrected chi connectivity index (χ2v) is 6.97. The van der Waals surface area contributed by atoms with Gasteiger partial charge in [0.15, 0.2) is 12.6 Å². The average molecular weight is 421 g/mol. The first-order valence-corrected chi connectivity index (χ1v) is 9.49. The van der Waals surface area contributed by atoms with Crippen LogP contribution in [0.5, 0.6) is 11.5 Å². The summed E-state index contributed by atoms with van der Waals surface area (Å²) in [5.41, 5.74) is 1.83. The number of Topliss-reactive ketones (excluding diaryl/α,β-unsaturated/α-hetero) is 1. The van der Waals surface area contributed by atoms with E-state index in [0.29, 0.717) is 23.7 Å². The van der Waals surface area contributed by atoms with E-state index in [2.05, 4.69) is 4.74 Å². The van der Waals surface area contributed by atoms with E-state index >= 15 is 0 Å². The van der Waals surface area contributed by atoms with Crippen molar-refractivity contribution in [1.29, 1.82) is 0 Å². The van der Waals surface area contributed by atoms with Crippen LogP contribution >= 0.6 is 11.6 Å². The molecule has 0 aromatic heterocycles. The third-order valence-corrected chi connectivity index (χ3v) is 4.66. The SMILES string of the molecule is COCOc1c(C(=O)C(C)CC(=O)OC)cc(Cl)c(OCc2ccccc2)c1C. The molecule has 2 aromatic rings. The van der Waals surface area contributed by atoms with E-state index in [4.69, 9.17) is 25.8 Å². The molecule has 1 unspecified atom stereocenters. The number of rotatable bonds is 10. The van der Waals surface area contributed by atoms with Gasteiger partial charge < -0.3 is 18.9 Å². The summed E-state index contributed by atoms with van der Waals surface area (Å²) < 4.78 is 21.2. The number of benzene rings is 2. The molecule has 29 heavy (non-hydrogen) atoms. The van der Waals surface area contributed by atoms with Crippen LogP contribution in [0.15, 0.2) is 36.4 Å². The third-order valence-electron chi connectivity index (χ3n) is 4.37. The van der Waals surface area contributed by atoms with Gasteiger partial charge in [0.2, 0.25) is 0 Å². The standard InChI is InChI=1S/C22H25ClO6/c1-14(10-19(24)27-4)20(25)17-11-18(23)22(15(2)21(17)29-13-26-3)28-12-16-8-6-5-7-9-16/h5-9,11,14H,10,12-13H2,1-4H3. The first-order valence-electron chi connectivity index (χ1n) is 9.11. The lowest BCUT2D eigenvalue weighted by atomic mass is 9.94. The van der Waals surface area contributed by atoms with Crippen molar-refractivity contribution < 1.29 is 28.5 Å². The van der Waals surface area contributed by atoms with E-state index < -0.39 is 11.9 Å². The molecule has 0 aliphatic rings. The first kappa shape index (κ1) is 22.7. The van der Waals surface area contributed by atoms with Gasteiger partial charge in [-0.05, 0) is 18.6 Å². The number of esters is 1. The molecule has 2 aromatic carbocycles. The first-order chi connectivity index (χ1) is 13.9. The van der Waals surface area contributed by atoms with Crippen LogP contribution in [0.2, 0.25) is 5.02 Å². The van der Waals surface area contributed by atoms with Crippen LogP contribution in [0.25, 0.3) is 0 Å². The molecule has 0 bridgehead atoms. The number of hydrogen-bond acceptors (Lipinski definition) is 6. The number of ether oxygens (including phenoxy) is 4. The highest BCUT2D eigenvalue weighted by Gasteiger charge is 2.26. The van der Waals surface area contributed by atoms with Crippen LogP contribution in [0.1, 0.15) is 34.8 Å². The maximum absolute atomic E-state index is 12.9. The second kappa shape index (κ2) is 10.8. The zero-order valence-electron chi connectivity index (χ0n) is 17.0. The van der Waals surface area contributed by atoms with Gasteiger partial charge in [0.05, 0.1) is 24.1 Å².